The minimum Gasteiger partial charge on any atom is -0.381 e. The Morgan fingerprint density at radius 3 is 2.50 bits per heavy atom. The van der Waals surface area contributed by atoms with Crippen LogP contribution < -0.4 is 10.9 Å². The molecule has 1 aromatic carbocycles. The molecule has 2 heterocycles. The van der Waals surface area contributed by atoms with Gasteiger partial charge in [-0.25, -0.2) is 8.42 Å². The van der Waals surface area contributed by atoms with Crippen LogP contribution in [0.5, 0.6) is 0 Å². The SMILES string of the molecule is C=C(NCc1c(C)cc(C)[nH]c1=O)c1cc(S(C)(=O)=O)cc2c1c(C)cn2C1CC1. The fourth-order valence-electron chi connectivity index (χ4n) is 4.06. The highest BCUT2D eigenvalue weighted by Gasteiger charge is 2.27. The summed E-state index contributed by atoms with van der Waals surface area (Å²) in [6.45, 7) is 10.3. The lowest BCUT2D eigenvalue weighted by molar-refractivity contribution is 0.602. The zero-order chi connectivity index (χ0) is 21.8. The number of aromatic amines is 1. The minimum absolute atomic E-state index is 0.126. The van der Waals surface area contributed by atoms with Gasteiger partial charge in [0.15, 0.2) is 9.84 Å². The molecule has 30 heavy (non-hydrogen) atoms. The quantitative estimate of drug-likeness (QED) is 0.630. The van der Waals surface area contributed by atoms with E-state index in [-0.39, 0.29) is 10.5 Å². The summed E-state index contributed by atoms with van der Waals surface area (Å²) in [5.41, 5.74) is 5.60. The van der Waals surface area contributed by atoms with Crippen LogP contribution in [-0.2, 0) is 16.4 Å². The number of hydrogen-bond donors (Lipinski definition) is 2. The van der Waals surface area contributed by atoms with Crippen molar-refractivity contribution in [1.29, 1.82) is 0 Å². The fourth-order valence-corrected chi connectivity index (χ4v) is 4.72. The van der Waals surface area contributed by atoms with Gasteiger partial charge in [-0.2, -0.15) is 0 Å². The predicted molar refractivity (Wildman–Crippen MR) is 120 cm³/mol. The Labute approximate surface area is 176 Å². The lowest BCUT2D eigenvalue weighted by atomic mass is 10.0. The first-order valence-electron chi connectivity index (χ1n) is 10.0. The molecular weight excluding hydrogens is 398 g/mol. The van der Waals surface area contributed by atoms with Crippen LogP contribution in [0.4, 0.5) is 0 Å². The van der Waals surface area contributed by atoms with Crippen molar-refractivity contribution in [2.75, 3.05) is 6.26 Å². The number of fused-ring (bicyclic) bond motifs is 1. The third kappa shape index (κ3) is 3.69. The Bertz CT molecular complexity index is 1340. The number of sulfone groups is 1. The van der Waals surface area contributed by atoms with Crippen LogP contribution >= 0.6 is 0 Å². The van der Waals surface area contributed by atoms with Gasteiger partial charge in [-0.15, -0.1) is 0 Å². The highest BCUT2D eigenvalue weighted by Crippen LogP contribution is 2.41. The van der Waals surface area contributed by atoms with E-state index in [0.717, 1.165) is 46.1 Å². The molecular formula is C23H27N3O3S. The Kier molecular flexibility index (Phi) is 4.89. The van der Waals surface area contributed by atoms with Gasteiger partial charge in [0.1, 0.15) is 0 Å². The Balaban J connectivity index is 1.78. The van der Waals surface area contributed by atoms with Crippen molar-refractivity contribution in [2.45, 2.75) is 51.1 Å². The van der Waals surface area contributed by atoms with E-state index in [9.17, 15) is 13.2 Å². The van der Waals surface area contributed by atoms with Gasteiger partial charge >= 0.3 is 0 Å². The summed E-state index contributed by atoms with van der Waals surface area (Å²) in [4.78, 5) is 15.4. The molecule has 158 valence electrons. The highest BCUT2D eigenvalue weighted by atomic mass is 32.2. The van der Waals surface area contributed by atoms with E-state index in [2.05, 4.69) is 27.6 Å². The summed E-state index contributed by atoms with van der Waals surface area (Å²) < 4.78 is 26.9. The molecule has 0 bridgehead atoms. The van der Waals surface area contributed by atoms with Crippen molar-refractivity contribution in [3.05, 3.63) is 69.3 Å². The van der Waals surface area contributed by atoms with Gasteiger partial charge in [0.05, 0.1) is 10.4 Å². The first-order valence-corrected chi connectivity index (χ1v) is 11.9. The summed E-state index contributed by atoms with van der Waals surface area (Å²) in [6, 6.07) is 5.81. The van der Waals surface area contributed by atoms with Gasteiger partial charge in [0, 0.05) is 52.9 Å². The summed E-state index contributed by atoms with van der Waals surface area (Å²) >= 11 is 0. The van der Waals surface area contributed by atoms with Crippen molar-refractivity contribution in [3.63, 3.8) is 0 Å². The van der Waals surface area contributed by atoms with Crippen molar-refractivity contribution in [1.82, 2.24) is 14.9 Å². The second kappa shape index (κ2) is 7.16. The molecule has 0 amide bonds. The lowest BCUT2D eigenvalue weighted by Gasteiger charge is -2.15. The number of rotatable bonds is 6. The lowest BCUT2D eigenvalue weighted by Crippen LogP contribution is -2.22. The molecule has 1 aliphatic carbocycles. The van der Waals surface area contributed by atoms with E-state index in [1.165, 1.54) is 6.26 Å². The second-order valence-corrected chi connectivity index (χ2v) is 10.4. The Morgan fingerprint density at radius 2 is 1.90 bits per heavy atom. The molecule has 7 heteroatoms. The molecule has 0 saturated heterocycles. The van der Waals surface area contributed by atoms with Gasteiger partial charge in [-0.1, -0.05) is 6.58 Å². The van der Waals surface area contributed by atoms with E-state index in [4.69, 9.17) is 0 Å². The molecule has 2 aromatic heterocycles. The highest BCUT2D eigenvalue weighted by molar-refractivity contribution is 7.90. The van der Waals surface area contributed by atoms with Crippen LogP contribution in [0.3, 0.4) is 0 Å². The molecule has 0 unspecified atom stereocenters. The largest absolute Gasteiger partial charge is 0.381 e. The predicted octanol–water partition coefficient (Wildman–Crippen LogP) is 3.75. The van der Waals surface area contributed by atoms with Crippen molar-refractivity contribution < 1.29 is 8.42 Å². The van der Waals surface area contributed by atoms with E-state index in [1.54, 1.807) is 12.1 Å². The van der Waals surface area contributed by atoms with Crippen molar-refractivity contribution in [2.24, 2.45) is 0 Å². The van der Waals surface area contributed by atoms with Crippen LogP contribution in [0, 0.1) is 20.8 Å². The molecule has 4 rings (SSSR count). The third-order valence-corrected chi connectivity index (χ3v) is 6.85. The number of nitrogens with one attached hydrogen (secondary N) is 2. The molecule has 1 aliphatic rings. The Morgan fingerprint density at radius 1 is 1.20 bits per heavy atom. The first kappa shape index (κ1) is 20.5. The summed E-state index contributed by atoms with van der Waals surface area (Å²) in [7, 11) is -3.39. The molecule has 2 N–H and O–H groups in total. The first-order chi connectivity index (χ1) is 14.1. The summed E-state index contributed by atoms with van der Waals surface area (Å²) in [6.07, 6.45) is 5.53. The van der Waals surface area contributed by atoms with Crippen molar-refractivity contribution in [3.8, 4) is 0 Å². The average Bonchev–Trinajstić information content (AvgIpc) is 3.43. The van der Waals surface area contributed by atoms with Crippen LogP contribution in [0.15, 0.2) is 40.7 Å². The topological polar surface area (TPSA) is 84.0 Å². The van der Waals surface area contributed by atoms with Gasteiger partial charge in [0.25, 0.3) is 5.56 Å². The molecule has 0 aliphatic heterocycles. The van der Waals surface area contributed by atoms with Crippen LogP contribution in [0.1, 0.15) is 46.8 Å². The third-order valence-electron chi connectivity index (χ3n) is 5.76. The number of H-pyrrole nitrogens is 1. The second-order valence-electron chi connectivity index (χ2n) is 8.36. The van der Waals surface area contributed by atoms with Gasteiger partial charge in [-0.05, 0) is 62.9 Å². The smallest absolute Gasteiger partial charge is 0.253 e. The molecule has 6 nitrogen and oxygen atoms in total. The van der Waals surface area contributed by atoms with Crippen LogP contribution in [-0.4, -0.2) is 24.2 Å². The minimum atomic E-state index is -3.39. The number of aryl methyl sites for hydroxylation is 3. The van der Waals surface area contributed by atoms with Gasteiger partial charge < -0.3 is 14.9 Å². The van der Waals surface area contributed by atoms with Crippen molar-refractivity contribution >= 4 is 26.4 Å². The monoisotopic (exact) mass is 425 g/mol. The standard InChI is InChI=1S/C23H27N3O3S/c1-13-8-15(3)25-23(27)20(13)11-24-16(4)19-9-18(30(5,28)29)10-21-22(19)14(2)12-26(21)17-6-7-17/h8-10,12,17,24H,4,6-7,11H2,1-3,5H3,(H,25,27). The zero-order valence-corrected chi connectivity index (χ0v) is 18.6. The maximum atomic E-state index is 12.4. The number of benzene rings is 1. The van der Waals surface area contributed by atoms with Gasteiger partial charge in [-0.3, -0.25) is 4.79 Å². The Hall–Kier alpha value is -2.80. The molecule has 3 aromatic rings. The average molecular weight is 426 g/mol. The zero-order valence-electron chi connectivity index (χ0n) is 17.8. The number of aromatic nitrogens is 2. The fraction of sp³-hybridized carbons (Fsp3) is 0.348. The van der Waals surface area contributed by atoms with E-state index in [0.29, 0.717) is 23.8 Å². The van der Waals surface area contributed by atoms with E-state index >= 15 is 0 Å². The molecule has 0 radical (unpaired) electrons. The van der Waals surface area contributed by atoms with Gasteiger partial charge in [0.2, 0.25) is 0 Å². The van der Waals surface area contributed by atoms with Crippen LogP contribution in [0.2, 0.25) is 0 Å². The molecule has 1 fully saturated rings. The number of pyridine rings is 1. The van der Waals surface area contributed by atoms with Crippen LogP contribution in [0.25, 0.3) is 16.6 Å². The number of hydrogen-bond acceptors (Lipinski definition) is 4. The normalized spacial score (nSPS) is 14.3. The maximum absolute atomic E-state index is 12.4. The maximum Gasteiger partial charge on any atom is 0.253 e. The molecule has 0 spiro atoms. The van der Waals surface area contributed by atoms with E-state index < -0.39 is 9.84 Å². The molecule has 0 atom stereocenters. The number of nitrogens with zero attached hydrogens (tertiary/aromatic N) is 1. The molecule has 1 saturated carbocycles. The van der Waals surface area contributed by atoms with E-state index in [1.807, 2.05) is 26.8 Å². The summed E-state index contributed by atoms with van der Waals surface area (Å²) in [5, 5.41) is 4.25. The summed E-state index contributed by atoms with van der Waals surface area (Å²) in [5.74, 6) is 0.